The molecule has 0 aliphatic carbocycles. The number of nitrogens with one attached hydrogen (secondary N) is 1. The molecule has 156 valence electrons. The summed E-state index contributed by atoms with van der Waals surface area (Å²) in [5.41, 5.74) is 1.22. The molecule has 28 heavy (non-hydrogen) atoms. The average Bonchev–Trinajstić information content (AvgIpc) is 2.75. The van der Waals surface area contributed by atoms with Gasteiger partial charge in [-0.3, -0.25) is 9.69 Å². The van der Waals surface area contributed by atoms with Gasteiger partial charge < -0.3 is 19.7 Å². The van der Waals surface area contributed by atoms with Crippen LogP contribution in [0.2, 0.25) is 0 Å². The van der Waals surface area contributed by atoms with Crippen LogP contribution >= 0.6 is 0 Å². The van der Waals surface area contributed by atoms with Crippen LogP contribution in [0.25, 0.3) is 0 Å². The molecule has 2 atom stereocenters. The first-order chi connectivity index (χ1) is 13.7. The Morgan fingerprint density at radius 2 is 1.96 bits per heavy atom. The average molecular weight is 390 g/mol. The quantitative estimate of drug-likeness (QED) is 0.740. The summed E-state index contributed by atoms with van der Waals surface area (Å²) in [5.74, 6) is 0.953. The van der Waals surface area contributed by atoms with Gasteiger partial charge in [0.05, 0.1) is 25.7 Å². The van der Waals surface area contributed by atoms with E-state index in [9.17, 15) is 4.79 Å². The Kier molecular flexibility index (Phi) is 8.13. The molecule has 0 aromatic heterocycles. The van der Waals surface area contributed by atoms with Crippen molar-refractivity contribution in [3.8, 4) is 5.75 Å². The van der Waals surface area contributed by atoms with Crippen LogP contribution in [0.15, 0.2) is 24.3 Å². The number of rotatable bonds is 8. The Labute approximate surface area is 169 Å². The Morgan fingerprint density at radius 3 is 2.57 bits per heavy atom. The highest BCUT2D eigenvalue weighted by Crippen LogP contribution is 2.24. The van der Waals surface area contributed by atoms with Crippen LogP contribution in [0, 0.1) is 0 Å². The highest BCUT2D eigenvalue weighted by molar-refractivity contribution is 5.76. The van der Waals surface area contributed by atoms with Crippen LogP contribution < -0.4 is 10.1 Å². The van der Waals surface area contributed by atoms with Crippen LogP contribution in [0.3, 0.4) is 0 Å². The van der Waals surface area contributed by atoms with E-state index in [1.807, 2.05) is 12.1 Å². The van der Waals surface area contributed by atoms with Gasteiger partial charge in [0.2, 0.25) is 5.91 Å². The van der Waals surface area contributed by atoms with E-state index in [0.29, 0.717) is 13.0 Å². The summed E-state index contributed by atoms with van der Waals surface area (Å²) in [7, 11) is 1.68. The number of hydrogen-bond donors (Lipinski definition) is 1. The van der Waals surface area contributed by atoms with E-state index >= 15 is 0 Å². The van der Waals surface area contributed by atoms with E-state index in [-0.39, 0.29) is 18.1 Å². The number of benzene rings is 1. The fourth-order valence-electron chi connectivity index (χ4n) is 4.13. The minimum absolute atomic E-state index is 0.0845. The summed E-state index contributed by atoms with van der Waals surface area (Å²) in [4.78, 5) is 17.5. The first-order valence-electron chi connectivity index (χ1n) is 10.7. The number of hydrogen-bond acceptors (Lipinski definition) is 5. The molecule has 1 N–H and O–H groups in total. The third kappa shape index (κ3) is 5.93. The lowest BCUT2D eigenvalue weighted by Gasteiger charge is -2.39. The van der Waals surface area contributed by atoms with Gasteiger partial charge in [-0.15, -0.1) is 0 Å². The summed E-state index contributed by atoms with van der Waals surface area (Å²) in [6.07, 6.45) is 3.82. The molecule has 6 nitrogen and oxygen atoms in total. The third-order valence-corrected chi connectivity index (χ3v) is 5.98. The molecule has 2 heterocycles. The van der Waals surface area contributed by atoms with Gasteiger partial charge in [0.25, 0.3) is 0 Å². The van der Waals surface area contributed by atoms with E-state index in [1.165, 1.54) is 5.56 Å². The van der Waals surface area contributed by atoms with Gasteiger partial charge in [-0.1, -0.05) is 19.1 Å². The van der Waals surface area contributed by atoms with Crippen LogP contribution in [-0.4, -0.2) is 74.8 Å². The standard InChI is InChI=1S/C22H35N3O3/c1-3-24-11-13-25(14-12-24)21(18-7-9-19(27-2)10-8-18)17-23-22(26)16-20-6-4-5-15-28-20/h7-10,20-21H,3-6,11-17H2,1-2H3,(H,23,26). The minimum Gasteiger partial charge on any atom is -0.497 e. The summed E-state index contributed by atoms with van der Waals surface area (Å²) < 4.78 is 11.0. The number of carbonyl (C=O) groups is 1. The van der Waals surface area contributed by atoms with Crippen molar-refractivity contribution in [1.82, 2.24) is 15.1 Å². The lowest BCUT2D eigenvalue weighted by Crippen LogP contribution is -2.49. The maximum absolute atomic E-state index is 12.5. The second-order valence-electron chi connectivity index (χ2n) is 7.76. The largest absolute Gasteiger partial charge is 0.497 e. The number of amides is 1. The van der Waals surface area contributed by atoms with Gasteiger partial charge in [-0.2, -0.15) is 0 Å². The predicted octanol–water partition coefficient (Wildman–Crippen LogP) is 2.45. The van der Waals surface area contributed by atoms with E-state index in [0.717, 1.165) is 64.3 Å². The van der Waals surface area contributed by atoms with E-state index < -0.39 is 0 Å². The number of piperazine rings is 1. The molecule has 1 aromatic carbocycles. The van der Waals surface area contributed by atoms with Crippen LogP contribution in [0.5, 0.6) is 5.75 Å². The summed E-state index contributed by atoms with van der Waals surface area (Å²) in [5, 5.41) is 3.17. The monoisotopic (exact) mass is 389 g/mol. The van der Waals surface area contributed by atoms with Crippen molar-refractivity contribution in [1.29, 1.82) is 0 Å². The highest BCUT2D eigenvalue weighted by atomic mass is 16.5. The normalized spacial score (nSPS) is 22.6. The van der Waals surface area contributed by atoms with Crippen LogP contribution in [0.1, 0.15) is 44.2 Å². The Balaban J connectivity index is 1.61. The van der Waals surface area contributed by atoms with Crippen molar-refractivity contribution >= 4 is 5.91 Å². The molecule has 2 saturated heterocycles. The lowest BCUT2D eigenvalue weighted by molar-refractivity contribution is -0.125. The summed E-state index contributed by atoms with van der Waals surface area (Å²) in [6.45, 7) is 8.92. The molecule has 1 amide bonds. The summed E-state index contributed by atoms with van der Waals surface area (Å²) in [6, 6.07) is 8.42. The Morgan fingerprint density at radius 1 is 1.21 bits per heavy atom. The van der Waals surface area contributed by atoms with Crippen molar-refractivity contribution in [3.63, 3.8) is 0 Å². The van der Waals surface area contributed by atoms with Crippen LogP contribution in [-0.2, 0) is 9.53 Å². The number of methoxy groups -OCH3 is 1. The van der Waals surface area contributed by atoms with Crippen molar-refractivity contribution in [2.75, 3.05) is 53.0 Å². The second kappa shape index (κ2) is 10.8. The second-order valence-corrected chi connectivity index (χ2v) is 7.76. The first kappa shape index (κ1) is 21.1. The minimum atomic E-state index is 0.0845. The van der Waals surface area contributed by atoms with Gasteiger partial charge in [-0.25, -0.2) is 0 Å². The maximum Gasteiger partial charge on any atom is 0.222 e. The van der Waals surface area contributed by atoms with Crippen LogP contribution in [0.4, 0.5) is 0 Å². The zero-order valence-corrected chi connectivity index (χ0v) is 17.4. The van der Waals surface area contributed by atoms with Gasteiger partial charge >= 0.3 is 0 Å². The fourth-order valence-corrected chi connectivity index (χ4v) is 4.13. The van der Waals surface area contributed by atoms with E-state index in [2.05, 4.69) is 34.2 Å². The van der Waals surface area contributed by atoms with Gasteiger partial charge in [0, 0.05) is 39.3 Å². The Hall–Kier alpha value is -1.63. The highest BCUT2D eigenvalue weighted by Gasteiger charge is 2.26. The molecule has 2 fully saturated rings. The molecule has 6 heteroatoms. The molecule has 0 spiro atoms. The molecular formula is C22H35N3O3. The molecule has 3 rings (SSSR count). The van der Waals surface area contributed by atoms with Crippen molar-refractivity contribution < 1.29 is 14.3 Å². The van der Waals surface area contributed by atoms with Gasteiger partial charge in [0.15, 0.2) is 0 Å². The zero-order valence-electron chi connectivity index (χ0n) is 17.4. The van der Waals surface area contributed by atoms with Gasteiger partial charge in [-0.05, 0) is 43.5 Å². The molecule has 2 aliphatic heterocycles. The lowest BCUT2D eigenvalue weighted by atomic mass is 10.0. The summed E-state index contributed by atoms with van der Waals surface area (Å²) >= 11 is 0. The maximum atomic E-state index is 12.5. The first-order valence-corrected chi connectivity index (χ1v) is 10.7. The molecule has 0 bridgehead atoms. The number of carbonyl (C=O) groups excluding carboxylic acids is 1. The third-order valence-electron chi connectivity index (χ3n) is 5.98. The van der Waals surface area contributed by atoms with E-state index in [1.54, 1.807) is 7.11 Å². The zero-order chi connectivity index (χ0) is 19.8. The Bertz CT molecular complexity index is 594. The number of nitrogens with zero attached hydrogens (tertiary/aromatic N) is 2. The smallest absolute Gasteiger partial charge is 0.222 e. The topological polar surface area (TPSA) is 54.0 Å². The molecule has 0 saturated carbocycles. The SMILES string of the molecule is CCN1CCN(C(CNC(=O)CC2CCCCO2)c2ccc(OC)cc2)CC1. The number of likely N-dealkylation sites (N-methyl/N-ethyl adjacent to an activating group) is 1. The molecule has 2 unspecified atom stereocenters. The molecule has 2 aliphatic rings. The van der Waals surface area contributed by atoms with Crippen molar-refractivity contribution in [2.24, 2.45) is 0 Å². The predicted molar refractivity (Wildman–Crippen MR) is 111 cm³/mol. The van der Waals surface area contributed by atoms with E-state index in [4.69, 9.17) is 9.47 Å². The number of ether oxygens (including phenoxy) is 2. The van der Waals surface area contributed by atoms with Crippen molar-refractivity contribution in [3.05, 3.63) is 29.8 Å². The molecule has 1 aromatic rings. The van der Waals surface area contributed by atoms with Gasteiger partial charge in [0.1, 0.15) is 5.75 Å². The molecule has 0 radical (unpaired) electrons. The fraction of sp³-hybridized carbons (Fsp3) is 0.682. The van der Waals surface area contributed by atoms with Crippen molar-refractivity contribution in [2.45, 2.75) is 44.8 Å². The molecular weight excluding hydrogens is 354 g/mol.